The van der Waals surface area contributed by atoms with Gasteiger partial charge in [-0.2, -0.15) is 0 Å². The smallest absolute Gasteiger partial charge is 0.241 e. The molecule has 0 amide bonds. The van der Waals surface area contributed by atoms with Crippen LogP contribution in [0.15, 0.2) is 29.2 Å². The highest BCUT2D eigenvalue weighted by Gasteiger charge is 2.16. The monoisotopic (exact) mass is 311 g/mol. The van der Waals surface area contributed by atoms with Crippen molar-refractivity contribution in [3.8, 4) is 11.8 Å². The molecule has 0 bridgehead atoms. The predicted octanol–water partition coefficient (Wildman–Crippen LogP) is 1.13. The average molecular weight is 311 g/mol. The fraction of sp³-hybridized carbons (Fsp3) is 0.467. The van der Waals surface area contributed by atoms with Crippen molar-refractivity contribution in [2.75, 3.05) is 26.4 Å². The summed E-state index contributed by atoms with van der Waals surface area (Å²) in [5.41, 5.74) is 0.434. The summed E-state index contributed by atoms with van der Waals surface area (Å²) < 4.78 is 32.2. The van der Waals surface area contributed by atoms with Gasteiger partial charge < -0.3 is 9.84 Å². The predicted molar refractivity (Wildman–Crippen MR) is 81.3 cm³/mol. The zero-order valence-corrected chi connectivity index (χ0v) is 12.9. The number of hydrogen-bond donors (Lipinski definition) is 2. The van der Waals surface area contributed by atoms with Gasteiger partial charge in [0.15, 0.2) is 0 Å². The molecule has 1 rings (SSSR count). The maximum Gasteiger partial charge on any atom is 0.241 e. The van der Waals surface area contributed by atoms with E-state index < -0.39 is 10.0 Å². The van der Waals surface area contributed by atoms with Crippen LogP contribution in [-0.2, 0) is 14.8 Å². The Hall–Kier alpha value is -1.39. The van der Waals surface area contributed by atoms with Gasteiger partial charge in [0.05, 0.1) is 11.5 Å². The van der Waals surface area contributed by atoms with E-state index in [0.29, 0.717) is 38.2 Å². The van der Waals surface area contributed by atoms with E-state index in [0.717, 1.165) is 0 Å². The van der Waals surface area contributed by atoms with Crippen LogP contribution in [0.2, 0.25) is 0 Å². The summed E-state index contributed by atoms with van der Waals surface area (Å²) in [5, 5.41) is 8.72. The van der Waals surface area contributed by atoms with Gasteiger partial charge >= 0.3 is 0 Å². The van der Waals surface area contributed by atoms with Gasteiger partial charge in [0.25, 0.3) is 0 Å². The third-order valence-electron chi connectivity index (χ3n) is 2.60. The van der Waals surface area contributed by atoms with Crippen molar-refractivity contribution in [1.29, 1.82) is 0 Å². The molecular weight excluding hydrogens is 290 g/mol. The molecule has 1 aromatic rings. The Labute approximate surface area is 126 Å². The van der Waals surface area contributed by atoms with E-state index in [1.165, 1.54) is 6.07 Å². The van der Waals surface area contributed by atoms with Crippen LogP contribution in [0.4, 0.5) is 0 Å². The number of hydrogen-bond acceptors (Lipinski definition) is 4. The minimum Gasteiger partial charge on any atom is -0.395 e. The molecule has 0 aromatic heterocycles. The van der Waals surface area contributed by atoms with Gasteiger partial charge in [0.1, 0.15) is 0 Å². The molecule has 6 heteroatoms. The third kappa shape index (κ3) is 6.27. The first kappa shape index (κ1) is 17.7. The molecule has 0 aliphatic carbocycles. The van der Waals surface area contributed by atoms with Crippen LogP contribution < -0.4 is 4.72 Å². The van der Waals surface area contributed by atoms with Crippen molar-refractivity contribution in [1.82, 2.24) is 4.72 Å². The number of sulfonamides is 1. The number of rotatable bonds is 8. The van der Waals surface area contributed by atoms with Crippen molar-refractivity contribution in [3.63, 3.8) is 0 Å². The molecule has 1 aromatic carbocycles. The zero-order valence-electron chi connectivity index (χ0n) is 12.1. The molecule has 0 saturated heterocycles. The molecule has 0 aliphatic rings. The quantitative estimate of drug-likeness (QED) is 0.557. The second-order valence-electron chi connectivity index (χ2n) is 4.22. The van der Waals surface area contributed by atoms with Crippen LogP contribution in [0.5, 0.6) is 0 Å². The summed E-state index contributed by atoms with van der Waals surface area (Å²) in [6.45, 7) is 3.32. The van der Waals surface area contributed by atoms with E-state index in [-0.39, 0.29) is 11.5 Å². The van der Waals surface area contributed by atoms with E-state index in [1.807, 2.05) is 6.92 Å². The van der Waals surface area contributed by atoms with E-state index in [2.05, 4.69) is 16.6 Å². The average Bonchev–Trinajstić information content (AvgIpc) is 2.48. The summed E-state index contributed by atoms with van der Waals surface area (Å²) >= 11 is 0. The van der Waals surface area contributed by atoms with E-state index in [4.69, 9.17) is 9.84 Å². The van der Waals surface area contributed by atoms with Crippen LogP contribution in [0.25, 0.3) is 0 Å². The minimum atomic E-state index is -3.59. The Bertz CT molecular complexity index is 587. The van der Waals surface area contributed by atoms with E-state index in [9.17, 15) is 8.42 Å². The van der Waals surface area contributed by atoms with Crippen LogP contribution in [0.1, 0.15) is 25.3 Å². The fourth-order valence-electron chi connectivity index (χ4n) is 1.62. The Balaban J connectivity index is 2.76. The Morgan fingerprint density at radius 1 is 1.33 bits per heavy atom. The molecule has 0 fully saturated rings. The van der Waals surface area contributed by atoms with Gasteiger partial charge in [-0.3, -0.25) is 0 Å². The Morgan fingerprint density at radius 2 is 2.10 bits per heavy atom. The Morgan fingerprint density at radius 3 is 2.81 bits per heavy atom. The molecule has 0 unspecified atom stereocenters. The topological polar surface area (TPSA) is 75.6 Å². The molecule has 0 saturated carbocycles. The summed E-state index contributed by atoms with van der Waals surface area (Å²) in [4.78, 5) is 0.159. The van der Waals surface area contributed by atoms with Crippen LogP contribution in [-0.4, -0.2) is 39.9 Å². The highest BCUT2D eigenvalue weighted by atomic mass is 32.2. The number of benzene rings is 1. The summed E-state index contributed by atoms with van der Waals surface area (Å²) in [6.07, 6.45) is 0.932. The highest BCUT2D eigenvalue weighted by molar-refractivity contribution is 7.89. The van der Waals surface area contributed by atoms with Gasteiger partial charge in [0.2, 0.25) is 10.0 Å². The lowest BCUT2D eigenvalue weighted by Gasteiger charge is -2.08. The molecule has 0 aliphatic heterocycles. The summed E-state index contributed by atoms with van der Waals surface area (Å²) in [5.74, 6) is 5.51. The van der Waals surface area contributed by atoms with Gasteiger partial charge in [-0.25, -0.2) is 13.1 Å². The normalized spacial score (nSPS) is 11.0. The van der Waals surface area contributed by atoms with Gasteiger partial charge in [0, 0.05) is 31.7 Å². The van der Waals surface area contributed by atoms with Crippen molar-refractivity contribution >= 4 is 10.0 Å². The standard InChI is InChI=1S/C15H21NO4S/c1-2-20-13-7-11-16-21(18,19)15-10-4-3-8-14(15)9-5-6-12-17/h3-4,8,10,16-17H,2,6-7,11-13H2,1H3. The molecule has 0 heterocycles. The molecule has 5 nitrogen and oxygen atoms in total. The zero-order chi connectivity index (χ0) is 15.6. The first-order chi connectivity index (χ1) is 10.1. The van der Waals surface area contributed by atoms with Crippen molar-refractivity contribution in [2.24, 2.45) is 0 Å². The van der Waals surface area contributed by atoms with E-state index >= 15 is 0 Å². The fourth-order valence-corrected chi connectivity index (χ4v) is 2.86. The molecule has 0 radical (unpaired) electrons. The first-order valence-electron chi connectivity index (χ1n) is 6.88. The molecule has 2 N–H and O–H groups in total. The first-order valence-corrected chi connectivity index (χ1v) is 8.36. The molecule has 21 heavy (non-hydrogen) atoms. The van der Waals surface area contributed by atoms with E-state index in [1.54, 1.807) is 18.2 Å². The van der Waals surface area contributed by atoms with Crippen LogP contribution in [0.3, 0.4) is 0 Å². The number of ether oxygens (including phenoxy) is 1. The molecule has 0 spiro atoms. The van der Waals surface area contributed by atoms with Crippen molar-refractivity contribution in [3.05, 3.63) is 29.8 Å². The Kier molecular flexibility index (Phi) is 8.01. The van der Waals surface area contributed by atoms with Crippen molar-refractivity contribution < 1.29 is 18.3 Å². The van der Waals surface area contributed by atoms with Gasteiger partial charge in [-0.15, -0.1) is 0 Å². The van der Waals surface area contributed by atoms with Crippen molar-refractivity contribution in [2.45, 2.75) is 24.7 Å². The molecular formula is C15H21NO4S. The SMILES string of the molecule is CCOCCCNS(=O)(=O)c1ccccc1C#CCCO. The second-order valence-corrected chi connectivity index (χ2v) is 5.96. The number of aliphatic hydroxyl groups excluding tert-OH is 1. The highest BCUT2D eigenvalue weighted by Crippen LogP contribution is 2.14. The lowest BCUT2D eigenvalue weighted by Crippen LogP contribution is -2.26. The summed E-state index contributed by atoms with van der Waals surface area (Å²) in [7, 11) is -3.59. The van der Waals surface area contributed by atoms with Crippen LogP contribution >= 0.6 is 0 Å². The third-order valence-corrected chi connectivity index (χ3v) is 4.12. The molecule has 116 valence electrons. The van der Waals surface area contributed by atoms with Gasteiger partial charge in [-0.05, 0) is 25.5 Å². The number of aliphatic hydroxyl groups is 1. The maximum atomic E-state index is 12.2. The van der Waals surface area contributed by atoms with Crippen LogP contribution in [0, 0.1) is 11.8 Å². The minimum absolute atomic E-state index is 0.0441. The maximum absolute atomic E-state index is 12.2. The molecule has 0 atom stereocenters. The lowest BCUT2D eigenvalue weighted by atomic mass is 10.2. The second kappa shape index (κ2) is 9.53. The largest absolute Gasteiger partial charge is 0.395 e. The summed E-state index contributed by atoms with van der Waals surface area (Å²) in [6, 6.07) is 6.57. The van der Waals surface area contributed by atoms with Gasteiger partial charge in [-0.1, -0.05) is 24.0 Å². The lowest BCUT2D eigenvalue weighted by molar-refractivity contribution is 0.146. The number of nitrogens with one attached hydrogen (secondary N) is 1.